The molecule has 96 valence electrons. The van der Waals surface area contributed by atoms with Crippen LogP contribution in [0.4, 0.5) is 0 Å². The summed E-state index contributed by atoms with van der Waals surface area (Å²) in [4.78, 5) is 4.72. The maximum Gasteiger partial charge on any atom is 0.0983 e. The fourth-order valence-corrected chi connectivity index (χ4v) is 2.99. The van der Waals surface area contributed by atoms with Crippen molar-refractivity contribution >= 4 is 11.3 Å². The molecule has 1 atom stereocenters. The highest BCUT2D eigenvalue weighted by atomic mass is 32.1. The first-order valence-electron chi connectivity index (χ1n) is 6.51. The topological polar surface area (TPSA) is 34.1 Å². The molecular weight excluding hydrogens is 232 g/mol. The van der Waals surface area contributed by atoms with Crippen molar-refractivity contribution < 1.29 is 4.74 Å². The van der Waals surface area contributed by atoms with Crippen molar-refractivity contribution in [2.24, 2.45) is 0 Å². The van der Waals surface area contributed by atoms with Gasteiger partial charge in [-0.3, -0.25) is 0 Å². The van der Waals surface area contributed by atoms with Crippen LogP contribution in [-0.2, 0) is 11.2 Å². The Morgan fingerprint density at radius 1 is 1.59 bits per heavy atom. The molecule has 1 aromatic rings. The largest absolute Gasteiger partial charge is 0.381 e. The first-order chi connectivity index (χ1) is 8.25. The Bertz CT molecular complexity index is 332. The molecule has 17 heavy (non-hydrogen) atoms. The van der Waals surface area contributed by atoms with Crippen LogP contribution in [0.25, 0.3) is 0 Å². The van der Waals surface area contributed by atoms with Crippen LogP contribution in [0.15, 0.2) is 5.38 Å². The van der Waals surface area contributed by atoms with Gasteiger partial charge in [0.15, 0.2) is 0 Å². The minimum Gasteiger partial charge on any atom is -0.381 e. The molecule has 0 bridgehead atoms. The van der Waals surface area contributed by atoms with Gasteiger partial charge in [0.2, 0.25) is 0 Å². The van der Waals surface area contributed by atoms with Gasteiger partial charge < -0.3 is 10.1 Å². The third-order valence-corrected chi connectivity index (χ3v) is 4.07. The summed E-state index contributed by atoms with van der Waals surface area (Å²) in [6.07, 6.45) is 3.40. The van der Waals surface area contributed by atoms with Crippen molar-refractivity contribution in [3.05, 3.63) is 16.1 Å². The number of aromatic nitrogens is 1. The summed E-state index contributed by atoms with van der Waals surface area (Å²) in [7, 11) is 0. The number of hydrogen-bond donors (Lipinski definition) is 1. The lowest BCUT2D eigenvalue weighted by molar-refractivity contribution is 0.194. The van der Waals surface area contributed by atoms with Crippen LogP contribution in [0.2, 0.25) is 0 Å². The Labute approximate surface area is 108 Å². The molecule has 1 saturated heterocycles. The fourth-order valence-electron chi connectivity index (χ4n) is 2.01. The molecule has 1 unspecified atom stereocenters. The Hall–Kier alpha value is -0.450. The van der Waals surface area contributed by atoms with Gasteiger partial charge in [-0.2, -0.15) is 0 Å². The molecule has 0 radical (unpaired) electrons. The lowest BCUT2D eigenvalue weighted by atomic mass is 10.1. The molecule has 1 aromatic heterocycles. The Morgan fingerprint density at radius 2 is 2.47 bits per heavy atom. The maximum absolute atomic E-state index is 5.40. The molecule has 0 aliphatic carbocycles. The van der Waals surface area contributed by atoms with E-state index >= 15 is 0 Å². The second-order valence-corrected chi connectivity index (χ2v) is 5.84. The van der Waals surface area contributed by atoms with Gasteiger partial charge in [0.25, 0.3) is 0 Å². The van der Waals surface area contributed by atoms with E-state index in [2.05, 4.69) is 24.5 Å². The van der Waals surface area contributed by atoms with Crippen molar-refractivity contribution in [3.8, 4) is 0 Å². The van der Waals surface area contributed by atoms with E-state index in [1.54, 1.807) is 11.3 Å². The van der Waals surface area contributed by atoms with E-state index in [9.17, 15) is 0 Å². The molecule has 1 fully saturated rings. The summed E-state index contributed by atoms with van der Waals surface area (Å²) in [5.41, 5.74) is 1.25. The highest BCUT2D eigenvalue weighted by Crippen LogP contribution is 2.27. The van der Waals surface area contributed by atoms with Crippen molar-refractivity contribution in [3.63, 3.8) is 0 Å². The molecule has 2 rings (SSSR count). The normalized spacial score (nSPS) is 20.3. The van der Waals surface area contributed by atoms with Gasteiger partial charge in [-0.25, -0.2) is 4.98 Å². The number of ether oxygens (including phenoxy) is 1. The Balaban J connectivity index is 1.74. The summed E-state index contributed by atoms with van der Waals surface area (Å²) in [5, 5.41) is 6.92. The van der Waals surface area contributed by atoms with E-state index in [0.29, 0.717) is 12.0 Å². The number of rotatable bonds is 6. The monoisotopic (exact) mass is 254 g/mol. The lowest BCUT2D eigenvalue weighted by Crippen LogP contribution is -2.23. The van der Waals surface area contributed by atoms with Crippen LogP contribution in [0.3, 0.4) is 0 Å². The molecule has 0 aromatic carbocycles. The zero-order valence-electron chi connectivity index (χ0n) is 10.7. The van der Waals surface area contributed by atoms with E-state index in [0.717, 1.165) is 32.6 Å². The van der Waals surface area contributed by atoms with Gasteiger partial charge in [-0.05, 0) is 25.8 Å². The molecule has 0 amide bonds. The second-order valence-electron chi connectivity index (χ2n) is 4.95. The zero-order valence-corrected chi connectivity index (χ0v) is 11.6. The predicted octanol–water partition coefficient (Wildman–Crippen LogP) is 2.58. The minimum atomic E-state index is 0.558. The highest BCUT2D eigenvalue weighted by molar-refractivity contribution is 7.09. The quantitative estimate of drug-likeness (QED) is 0.792. The molecule has 1 aliphatic rings. The second kappa shape index (κ2) is 6.47. The molecule has 0 spiro atoms. The van der Waals surface area contributed by atoms with Crippen LogP contribution in [-0.4, -0.2) is 30.8 Å². The summed E-state index contributed by atoms with van der Waals surface area (Å²) in [6, 6.07) is 0.580. The van der Waals surface area contributed by atoms with E-state index in [4.69, 9.17) is 9.72 Å². The van der Waals surface area contributed by atoms with Gasteiger partial charge in [0.05, 0.1) is 17.3 Å². The number of hydrogen-bond acceptors (Lipinski definition) is 4. The maximum atomic E-state index is 5.40. The Morgan fingerprint density at radius 3 is 3.18 bits per heavy atom. The molecule has 3 nitrogen and oxygen atoms in total. The summed E-state index contributed by atoms with van der Waals surface area (Å²) < 4.78 is 5.40. The van der Waals surface area contributed by atoms with E-state index in [1.807, 2.05) is 0 Å². The number of nitrogens with zero attached hydrogens (tertiary/aromatic N) is 1. The molecule has 2 heterocycles. The molecule has 1 N–H and O–H groups in total. The fraction of sp³-hybridized carbons (Fsp3) is 0.769. The van der Waals surface area contributed by atoms with Crippen molar-refractivity contribution in [2.45, 2.75) is 45.1 Å². The summed E-state index contributed by atoms with van der Waals surface area (Å²) in [5.74, 6) is 0.558. The van der Waals surface area contributed by atoms with Crippen LogP contribution >= 0.6 is 11.3 Å². The van der Waals surface area contributed by atoms with Crippen LogP contribution in [0.1, 0.15) is 43.3 Å². The van der Waals surface area contributed by atoms with Crippen LogP contribution in [0, 0.1) is 0 Å². The first kappa shape index (κ1) is 13.0. The third-order valence-electron chi connectivity index (χ3n) is 3.01. The summed E-state index contributed by atoms with van der Waals surface area (Å²) >= 11 is 1.80. The number of nitrogens with one attached hydrogen (secondary N) is 1. The van der Waals surface area contributed by atoms with Gasteiger partial charge in [-0.1, -0.05) is 13.8 Å². The van der Waals surface area contributed by atoms with Crippen molar-refractivity contribution in [2.75, 3.05) is 19.8 Å². The van der Waals surface area contributed by atoms with Gasteiger partial charge >= 0.3 is 0 Å². The molecular formula is C13H22N2OS. The van der Waals surface area contributed by atoms with Gasteiger partial charge in [-0.15, -0.1) is 11.3 Å². The molecule has 0 saturated carbocycles. The van der Waals surface area contributed by atoms with Gasteiger partial charge in [0.1, 0.15) is 0 Å². The molecule has 4 heteroatoms. The molecule has 1 aliphatic heterocycles. The van der Waals surface area contributed by atoms with Crippen molar-refractivity contribution in [1.82, 2.24) is 10.3 Å². The predicted molar refractivity (Wildman–Crippen MR) is 71.8 cm³/mol. The standard InChI is InChI=1S/C13H22N2OS/c1-10(2)14-6-3-4-12-9-17-13(15-12)11-5-7-16-8-11/h9-11,14H,3-8H2,1-2H3. The summed E-state index contributed by atoms with van der Waals surface area (Å²) in [6.45, 7) is 7.21. The zero-order chi connectivity index (χ0) is 12.1. The van der Waals surface area contributed by atoms with E-state index in [-0.39, 0.29) is 0 Å². The average molecular weight is 254 g/mol. The van der Waals surface area contributed by atoms with E-state index in [1.165, 1.54) is 17.1 Å². The third kappa shape index (κ3) is 4.05. The van der Waals surface area contributed by atoms with Crippen LogP contribution < -0.4 is 5.32 Å². The SMILES string of the molecule is CC(C)NCCCc1csc(C2CCOC2)n1. The number of aryl methyl sites for hydroxylation is 1. The highest BCUT2D eigenvalue weighted by Gasteiger charge is 2.20. The Kier molecular flexibility index (Phi) is 4.95. The average Bonchev–Trinajstić information content (AvgIpc) is 2.94. The minimum absolute atomic E-state index is 0.558. The first-order valence-corrected chi connectivity index (χ1v) is 7.39. The van der Waals surface area contributed by atoms with Gasteiger partial charge in [0, 0.05) is 23.9 Å². The van der Waals surface area contributed by atoms with Crippen molar-refractivity contribution in [1.29, 1.82) is 0 Å². The number of thiazole rings is 1. The lowest BCUT2D eigenvalue weighted by Gasteiger charge is -2.06. The smallest absolute Gasteiger partial charge is 0.0983 e. The van der Waals surface area contributed by atoms with Crippen LogP contribution in [0.5, 0.6) is 0 Å². The van der Waals surface area contributed by atoms with E-state index < -0.39 is 0 Å².